The zero-order valence-electron chi connectivity index (χ0n) is 52.1. The van der Waals surface area contributed by atoms with Crippen LogP contribution in [0.1, 0.15) is 200 Å². The van der Waals surface area contributed by atoms with Crippen LogP contribution in [0.4, 0.5) is 0 Å². The molecule has 84 heavy (non-hydrogen) atoms. The van der Waals surface area contributed by atoms with Crippen molar-refractivity contribution in [2.75, 3.05) is 0 Å². The summed E-state index contributed by atoms with van der Waals surface area (Å²) >= 11 is 25.5. The number of aromatic hydroxyl groups is 1. The molecule has 0 amide bonds. The minimum absolute atomic E-state index is 0.0252. The zero-order chi connectivity index (χ0) is 67.8. The van der Waals surface area contributed by atoms with Crippen LogP contribution >= 0.6 is 74.5 Å². The molecule has 4 aromatic heterocycles. The van der Waals surface area contributed by atoms with Crippen LogP contribution in [0, 0.1) is 0 Å². The summed E-state index contributed by atoms with van der Waals surface area (Å²) in [4.78, 5) is 83.4. The number of phenols is 1. The number of hydrogen-bond acceptors (Lipinski definition) is 18. The molecule has 0 saturated carbocycles. The maximum absolute atomic E-state index is 10.8. The van der Waals surface area contributed by atoms with Crippen LogP contribution in [0.3, 0.4) is 0 Å². The number of carboxylic acid groups (broad SMARTS) is 3. The summed E-state index contributed by atoms with van der Waals surface area (Å²) in [6, 6.07) is 16.8. The van der Waals surface area contributed by atoms with Gasteiger partial charge in [-0.05, 0) is 97.2 Å². The molecule has 24 heteroatoms. The van der Waals surface area contributed by atoms with Crippen molar-refractivity contribution >= 4 is 122 Å². The van der Waals surface area contributed by atoms with Crippen LogP contribution in [0.2, 0.25) is 0 Å². The van der Waals surface area contributed by atoms with Crippen molar-refractivity contribution in [3.05, 3.63) is 161 Å². The number of aromatic nitrogens is 6. The van der Waals surface area contributed by atoms with E-state index in [2.05, 4.69) is 80.0 Å². The van der Waals surface area contributed by atoms with Gasteiger partial charge >= 0.3 is 11.9 Å². The number of aliphatic hydroxyl groups is 2. The normalized spacial score (nSPS) is 9.50. The maximum atomic E-state index is 10.8. The Kier molecular flexibility index (Phi) is 81.0. The van der Waals surface area contributed by atoms with E-state index in [1.165, 1.54) is 64.6 Å². The lowest BCUT2D eigenvalue weighted by atomic mass is 9.95. The topological polar surface area (TPSA) is 301 Å². The predicted molar refractivity (Wildman–Crippen MR) is 365 cm³/mol. The molecule has 0 bridgehead atoms. The highest BCUT2D eigenvalue weighted by Crippen LogP contribution is 2.23. The molecule has 0 atom stereocenters. The summed E-state index contributed by atoms with van der Waals surface area (Å²) in [6.07, 6.45) is 15.4. The number of pyridine rings is 2. The Balaban J connectivity index is -0.000000106. The standard InChI is InChI=1S/C8H12O2.C8H8O2.C6H5NO2.C6H5NS2.C6H10O2.C5H4N2O2.C5H4N2S2.C2H4O2.C2H4S2.6C2H6/c2*1-6(9)7-4-2-3-5-8(7)10;2*8-6(9)5-3-1-2-4-7-5;1-4(5(2)7)6(3)8;2*8-5(9)4-3-6-1-2-7-4;2*1-2(3)4;6*1-2/h10H,2-5H2,1H3;2-5,10H,1H3;2*1-4H,(H,8,9);7H,1-3H3;2*1-3H,(H,8,9);2*1H3,(H,3,4);6*1-2H3/b;;;;5-4-;;;;;;;;;;. The van der Waals surface area contributed by atoms with Gasteiger partial charge in [0.2, 0.25) is 0 Å². The van der Waals surface area contributed by atoms with E-state index in [9.17, 15) is 29.1 Å². The van der Waals surface area contributed by atoms with E-state index in [0.29, 0.717) is 47.2 Å². The van der Waals surface area contributed by atoms with Crippen molar-refractivity contribution in [2.45, 2.75) is 157 Å². The number of aliphatic hydroxyl groups excluding tert-OH is 2. The first-order valence-electron chi connectivity index (χ1n) is 26.4. The first kappa shape index (κ1) is 96.5. The number of aromatic carboxylic acids is 2. The van der Waals surface area contributed by atoms with Crippen molar-refractivity contribution in [3.63, 3.8) is 0 Å². The molecular formula is C60H92N6O12S6. The molecule has 0 unspecified atom stereocenters. The monoisotopic (exact) mass is 1280 g/mol. The number of ketones is 3. The van der Waals surface area contributed by atoms with Crippen molar-refractivity contribution in [2.24, 2.45) is 0 Å². The quantitative estimate of drug-likeness (QED) is 0.0240. The van der Waals surface area contributed by atoms with Crippen LogP contribution in [-0.2, 0) is 14.4 Å². The number of aliphatic carboxylic acids is 1. The molecule has 18 nitrogen and oxygen atoms in total. The molecule has 0 fully saturated rings. The van der Waals surface area contributed by atoms with Crippen molar-refractivity contribution in [1.29, 1.82) is 0 Å². The van der Waals surface area contributed by atoms with Crippen LogP contribution in [0.5, 0.6) is 5.75 Å². The Morgan fingerprint density at radius 3 is 0.988 bits per heavy atom. The Morgan fingerprint density at radius 2 is 0.798 bits per heavy atom. The minimum atomic E-state index is -1.05. The molecule has 1 aliphatic rings. The van der Waals surface area contributed by atoms with Crippen molar-refractivity contribution < 1.29 is 59.4 Å². The van der Waals surface area contributed by atoms with Crippen LogP contribution in [0.25, 0.3) is 0 Å². The van der Waals surface area contributed by atoms with Gasteiger partial charge in [-0.2, -0.15) is 0 Å². The number of carboxylic acids is 3. The molecule has 6 N–H and O–H groups in total. The van der Waals surface area contributed by atoms with E-state index in [-0.39, 0.29) is 40.2 Å². The maximum Gasteiger partial charge on any atom is 0.356 e. The van der Waals surface area contributed by atoms with Gasteiger partial charge in [0.25, 0.3) is 5.97 Å². The van der Waals surface area contributed by atoms with Gasteiger partial charge in [-0.3, -0.25) is 39.1 Å². The van der Waals surface area contributed by atoms with Gasteiger partial charge in [0.05, 0.1) is 43.6 Å². The number of allylic oxidation sites excluding steroid dienone is 4. The smallest absolute Gasteiger partial charge is 0.356 e. The Hall–Kier alpha value is -6.70. The molecule has 1 aliphatic carbocycles. The second kappa shape index (κ2) is 70.6. The molecule has 4 heterocycles. The largest absolute Gasteiger partial charge is 0.512 e. The summed E-state index contributed by atoms with van der Waals surface area (Å²) in [7, 11) is 0. The summed E-state index contributed by atoms with van der Waals surface area (Å²) in [5.74, 6) is -2.56. The van der Waals surface area contributed by atoms with Gasteiger partial charge in [0.1, 0.15) is 17.1 Å². The number of para-hydroxylation sites is 1. The number of thiocarbonyl (C=S) groups is 3. The molecule has 5 aromatic rings. The summed E-state index contributed by atoms with van der Waals surface area (Å²) in [5, 5.41) is 50.9. The molecule has 0 saturated heterocycles. The number of carbonyl (C=O) groups is 6. The summed E-state index contributed by atoms with van der Waals surface area (Å²) in [6.45, 7) is 34.3. The number of phenolic OH excluding ortho intramolecular Hbond substituents is 1. The zero-order valence-corrected chi connectivity index (χ0v) is 57.2. The number of carbonyl (C=O) groups excluding carboxylic acids is 3. The highest BCUT2D eigenvalue weighted by atomic mass is 32.1. The fourth-order valence-electron chi connectivity index (χ4n) is 4.09. The second-order valence-electron chi connectivity index (χ2n) is 13.4. The van der Waals surface area contributed by atoms with Gasteiger partial charge in [-0.1, -0.05) is 144 Å². The molecule has 0 radical (unpaired) electrons. The highest BCUT2D eigenvalue weighted by molar-refractivity contribution is 8.12. The van der Waals surface area contributed by atoms with Crippen LogP contribution in [0.15, 0.2) is 133 Å². The van der Waals surface area contributed by atoms with Crippen LogP contribution < -0.4 is 0 Å². The minimum Gasteiger partial charge on any atom is -0.512 e. The number of thiol groups is 3. The Labute approximate surface area is 532 Å². The average molecular weight is 1280 g/mol. The SMILES string of the molecule is CC.CC.CC.CC.CC.CC.CC(=O)/C(C)=C(/C)O.CC(=O)C1=C(O)CCCC1.CC(=O)O.CC(=O)c1ccccc1O.CC(=S)S.O=C(O)c1ccccn1.O=C(O)c1cnccn1.S=C(S)c1ccccn1.S=C(S)c1cnccn1. The Morgan fingerprint density at radius 1 is 0.452 bits per heavy atom. The number of nitrogens with zero attached hydrogens (tertiary/aromatic N) is 6. The lowest BCUT2D eigenvalue weighted by molar-refractivity contribution is -0.134. The average Bonchev–Trinajstić information content (AvgIpc) is 3.50. The lowest BCUT2D eigenvalue weighted by Crippen LogP contribution is -2.06. The van der Waals surface area contributed by atoms with Gasteiger partial charge in [-0.25, -0.2) is 19.6 Å². The summed E-state index contributed by atoms with van der Waals surface area (Å²) < 4.78 is 1.71. The van der Waals surface area contributed by atoms with Gasteiger partial charge in [-0.15, -0.1) is 37.9 Å². The van der Waals surface area contributed by atoms with Gasteiger partial charge in [0, 0.05) is 65.9 Å². The third-order valence-corrected chi connectivity index (χ3v) is 8.43. The van der Waals surface area contributed by atoms with Gasteiger partial charge < -0.3 is 30.6 Å². The van der Waals surface area contributed by atoms with E-state index in [1.807, 2.05) is 101 Å². The predicted octanol–water partition coefficient (Wildman–Crippen LogP) is 16.2. The number of Topliss-reactive ketones (excluding diaryl/α,β-unsaturated/α-hetero) is 3. The highest BCUT2D eigenvalue weighted by Gasteiger charge is 2.14. The number of hydrogen-bond donors (Lipinski definition) is 9. The second-order valence-corrected chi connectivity index (χ2v) is 17.3. The van der Waals surface area contributed by atoms with E-state index < -0.39 is 17.9 Å². The van der Waals surface area contributed by atoms with E-state index in [4.69, 9.17) is 54.8 Å². The van der Waals surface area contributed by atoms with E-state index in [0.717, 1.165) is 31.9 Å². The first-order valence-corrected chi connectivity index (χ1v) is 29.0. The van der Waals surface area contributed by atoms with Crippen molar-refractivity contribution in [1.82, 2.24) is 29.9 Å². The molecule has 6 rings (SSSR count). The number of rotatable bonds is 7. The van der Waals surface area contributed by atoms with Crippen LogP contribution in [-0.4, -0.2) is 108 Å². The van der Waals surface area contributed by atoms with Crippen molar-refractivity contribution in [3.8, 4) is 5.75 Å². The third-order valence-electron chi connectivity index (χ3n) is 7.55. The Bertz CT molecular complexity index is 2340. The fraction of sp³-hybridized carbons (Fsp3) is 0.383. The molecule has 0 spiro atoms. The first-order chi connectivity index (χ1) is 39.7. The molecule has 470 valence electrons. The molecular weight excluding hydrogens is 1190 g/mol. The summed E-state index contributed by atoms with van der Waals surface area (Å²) in [5.41, 5.74) is 2.92. The fourth-order valence-corrected chi connectivity index (χ4v) is 4.57. The van der Waals surface area contributed by atoms with E-state index >= 15 is 0 Å². The van der Waals surface area contributed by atoms with E-state index in [1.54, 1.807) is 69.0 Å². The lowest BCUT2D eigenvalue weighted by Gasteiger charge is -2.12. The molecule has 1 aromatic carbocycles. The number of benzene rings is 1. The molecule has 0 aliphatic heterocycles. The third kappa shape index (κ3) is 66.1. The van der Waals surface area contributed by atoms with Gasteiger partial charge in [0.15, 0.2) is 23.0 Å².